The number of allylic oxidation sites excluding steroid dienone is 2. The lowest BCUT2D eigenvalue weighted by molar-refractivity contribution is -0.123. The maximum atomic E-state index is 12.6. The van der Waals surface area contributed by atoms with Crippen molar-refractivity contribution < 1.29 is 13.2 Å². The number of amides is 1. The van der Waals surface area contributed by atoms with Gasteiger partial charge in [-0.1, -0.05) is 78.6 Å². The fourth-order valence-electron chi connectivity index (χ4n) is 2.38. The predicted molar refractivity (Wildman–Crippen MR) is 112 cm³/mol. The summed E-state index contributed by atoms with van der Waals surface area (Å²) in [6.45, 7) is 1.87. The van der Waals surface area contributed by atoms with E-state index in [1.807, 2.05) is 43.3 Å². The Bertz CT molecular complexity index is 1030. The van der Waals surface area contributed by atoms with E-state index in [1.165, 1.54) is 12.1 Å². The van der Waals surface area contributed by atoms with E-state index in [-0.39, 0.29) is 9.22 Å². The van der Waals surface area contributed by atoms with Gasteiger partial charge in [-0.15, -0.1) is 4.83 Å². The van der Waals surface area contributed by atoms with E-state index in [1.54, 1.807) is 24.3 Å². The molecule has 1 aliphatic rings. The van der Waals surface area contributed by atoms with Crippen LogP contribution in [0.3, 0.4) is 0 Å². The van der Waals surface area contributed by atoms with Gasteiger partial charge in [-0.25, -0.2) is 13.4 Å². The summed E-state index contributed by atoms with van der Waals surface area (Å²) in [4.78, 5) is 15.3. The molecule has 0 bridgehead atoms. The SMILES string of the molecule is CC(=C/c1ccccc1)/C=C1\SC(=S)N(NS(=O)(=O)c2ccccc2)C1=O. The summed E-state index contributed by atoms with van der Waals surface area (Å²) in [5.41, 5.74) is 1.86. The van der Waals surface area contributed by atoms with Gasteiger partial charge >= 0.3 is 0 Å². The van der Waals surface area contributed by atoms with Gasteiger partial charge in [0.15, 0.2) is 4.32 Å². The van der Waals surface area contributed by atoms with Gasteiger partial charge in [0.05, 0.1) is 9.80 Å². The minimum atomic E-state index is -3.90. The zero-order valence-corrected chi connectivity index (χ0v) is 16.8. The lowest BCUT2D eigenvalue weighted by Crippen LogP contribution is -2.44. The molecule has 27 heavy (non-hydrogen) atoms. The molecule has 1 N–H and O–H groups in total. The highest BCUT2D eigenvalue weighted by atomic mass is 32.2. The molecule has 8 heteroatoms. The first-order valence-corrected chi connectivity index (χ1v) is 10.7. The van der Waals surface area contributed by atoms with E-state index in [2.05, 4.69) is 4.83 Å². The minimum absolute atomic E-state index is 0.0585. The number of carbonyl (C=O) groups excluding carboxylic acids is 1. The third kappa shape index (κ3) is 4.72. The van der Waals surface area contributed by atoms with E-state index in [0.29, 0.717) is 4.91 Å². The van der Waals surface area contributed by atoms with E-state index in [0.717, 1.165) is 27.9 Å². The number of nitrogens with zero attached hydrogens (tertiary/aromatic N) is 1. The standard InChI is InChI=1S/C19H16N2O3S3/c1-14(12-15-8-4-2-5-9-15)13-17-18(22)21(19(25)26-17)20-27(23,24)16-10-6-3-7-11-16/h2-13,20H,1H3/b14-12-,17-13-. The molecule has 0 aromatic heterocycles. The number of hydrogen-bond acceptors (Lipinski definition) is 5. The first-order chi connectivity index (χ1) is 12.9. The Morgan fingerprint density at radius 2 is 1.67 bits per heavy atom. The molecule has 3 rings (SSSR count). The first kappa shape index (κ1) is 19.5. The monoisotopic (exact) mass is 416 g/mol. The van der Waals surface area contributed by atoms with Crippen LogP contribution in [0.25, 0.3) is 6.08 Å². The van der Waals surface area contributed by atoms with Crippen molar-refractivity contribution in [2.45, 2.75) is 11.8 Å². The predicted octanol–water partition coefficient (Wildman–Crippen LogP) is 3.73. The van der Waals surface area contributed by atoms with E-state index in [4.69, 9.17) is 12.2 Å². The zero-order valence-electron chi connectivity index (χ0n) is 14.3. The summed E-state index contributed by atoms with van der Waals surface area (Å²) in [6.07, 6.45) is 3.63. The van der Waals surface area contributed by atoms with Crippen LogP contribution < -0.4 is 4.83 Å². The van der Waals surface area contributed by atoms with Gasteiger partial charge in [0.25, 0.3) is 15.9 Å². The van der Waals surface area contributed by atoms with Crippen LogP contribution in [0.1, 0.15) is 12.5 Å². The van der Waals surface area contributed by atoms with Crippen LogP contribution in [0.5, 0.6) is 0 Å². The molecular weight excluding hydrogens is 400 g/mol. The van der Waals surface area contributed by atoms with Crippen molar-refractivity contribution in [3.05, 3.63) is 82.8 Å². The highest BCUT2D eigenvalue weighted by Crippen LogP contribution is 2.31. The van der Waals surface area contributed by atoms with Gasteiger partial charge in [0.2, 0.25) is 0 Å². The van der Waals surface area contributed by atoms with Crippen molar-refractivity contribution in [1.82, 2.24) is 9.84 Å². The lowest BCUT2D eigenvalue weighted by atomic mass is 10.1. The fraction of sp³-hybridized carbons (Fsp3) is 0.0526. The second-order valence-electron chi connectivity index (χ2n) is 5.72. The molecule has 0 aliphatic carbocycles. The smallest absolute Gasteiger partial charge is 0.267 e. The fourth-order valence-corrected chi connectivity index (χ4v) is 4.76. The summed E-state index contributed by atoms with van der Waals surface area (Å²) in [5, 5.41) is 0.893. The second kappa shape index (κ2) is 8.18. The average molecular weight is 417 g/mol. The molecule has 1 amide bonds. The molecule has 0 spiro atoms. The highest BCUT2D eigenvalue weighted by Gasteiger charge is 2.35. The van der Waals surface area contributed by atoms with Crippen LogP contribution in [0.15, 0.2) is 82.1 Å². The molecule has 2 aromatic rings. The van der Waals surface area contributed by atoms with Gasteiger partial charge in [0.1, 0.15) is 0 Å². The van der Waals surface area contributed by atoms with Crippen molar-refractivity contribution in [2.75, 3.05) is 0 Å². The number of benzene rings is 2. The Labute approximate surface area is 167 Å². The van der Waals surface area contributed by atoms with Crippen molar-refractivity contribution in [3.8, 4) is 0 Å². The van der Waals surface area contributed by atoms with Gasteiger partial charge < -0.3 is 0 Å². The van der Waals surface area contributed by atoms with Crippen LogP contribution >= 0.6 is 24.0 Å². The van der Waals surface area contributed by atoms with Crippen LogP contribution in [-0.2, 0) is 14.8 Å². The number of hydrazine groups is 1. The van der Waals surface area contributed by atoms with Gasteiger partial charge in [-0.2, -0.15) is 0 Å². The summed E-state index contributed by atoms with van der Waals surface area (Å²) in [6, 6.07) is 17.5. The quantitative estimate of drug-likeness (QED) is 0.594. The van der Waals surface area contributed by atoms with Gasteiger partial charge in [0, 0.05) is 0 Å². The molecule has 1 saturated heterocycles. The molecule has 5 nitrogen and oxygen atoms in total. The Hall–Kier alpha value is -2.26. The topological polar surface area (TPSA) is 66.5 Å². The molecule has 0 atom stereocenters. The van der Waals surface area contributed by atoms with Crippen LogP contribution in [0.4, 0.5) is 0 Å². The third-order valence-corrected chi connectivity index (χ3v) is 6.23. The summed E-state index contributed by atoms with van der Waals surface area (Å²) >= 11 is 6.23. The lowest BCUT2D eigenvalue weighted by Gasteiger charge is -2.15. The van der Waals surface area contributed by atoms with Crippen LogP contribution in [0, 0.1) is 0 Å². The summed E-state index contributed by atoms with van der Waals surface area (Å²) in [5.74, 6) is -0.495. The van der Waals surface area contributed by atoms with E-state index in [9.17, 15) is 13.2 Å². The number of carbonyl (C=O) groups is 1. The molecule has 0 unspecified atom stereocenters. The normalized spacial score (nSPS) is 17.0. The Morgan fingerprint density at radius 1 is 1.07 bits per heavy atom. The summed E-state index contributed by atoms with van der Waals surface area (Å²) in [7, 11) is -3.90. The molecule has 1 aliphatic heterocycles. The van der Waals surface area contributed by atoms with Gasteiger partial charge in [-0.3, -0.25) is 4.79 Å². The van der Waals surface area contributed by atoms with E-state index >= 15 is 0 Å². The molecule has 1 heterocycles. The average Bonchev–Trinajstić information content (AvgIpc) is 2.90. The number of rotatable bonds is 5. The summed E-state index contributed by atoms with van der Waals surface area (Å²) < 4.78 is 25.0. The van der Waals surface area contributed by atoms with Crippen molar-refractivity contribution in [1.29, 1.82) is 0 Å². The van der Waals surface area contributed by atoms with Gasteiger partial charge in [-0.05, 0) is 36.3 Å². The maximum Gasteiger partial charge on any atom is 0.281 e. The zero-order chi connectivity index (χ0) is 19.4. The highest BCUT2D eigenvalue weighted by molar-refractivity contribution is 8.26. The Morgan fingerprint density at radius 3 is 2.30 bits per heavy atom. The largest absolute Gasteiger partial charge is 0.281 e. The number of sulfonamides is 1. The maximum absolute atomic E-state index is 12.6. The first-order valence-electron chi connectivity index (χ1n) is 7.95. The molecule has 1 fully saturated rings. The van der Waals surface area contributed by atoms with E-state index < -0.39 is 15.9 Å². The van der Waals surface area contributed by atoms with Crippen molar-refractivity contribution in [2.24, 2.45) is 0 Å². The number of thioether (sulfide) groups is 1. The molecular formula is C19H16N2O3S3. The van der Waals surface area contributed by atoms with Crippen molar-refractivity contribution in [3.63, 3.8) is 0 Å². The number of thiocarbonyl (C=S) groups is 1. The third-order valence-electron chi connectivity index (χ3n) is 3.61. The van der Waals surface area contributed by atoms with Crippen molar-refractivity contribution >= 4 is 50.3 Å². The molecule has 0 saturated carbocycles. The molecule has 138 valence electrons. The number of nitrogens with one attached hydrogen (secondary N) is 1. The Kier molecular flexibility index (Phi) is 5.91. The van der Waals surface area contributed by atoms with Crippen LogP contribution in [-0.4, -0.2) is 23.7 Å². The number of hydrogen-bond donors (Lipinski definition) is 1. The Balaban J connectivity index is 1.80. The molecule has 2 aromatic carbocycles. The minimum Gasteiger partial charge on any atom is -0.267 e. The second-order valence-corrected chi connectivity index (χ2v) is 9.06. The van der Waals surface area contributed by atoms with Crippen LogP contribution in [0.2, 0.25) is 0 Å². The molecule has 0 radical (unpaired) electrons.